The largest absolute Gasteiger partial charge is 0.241 e. The fourth-order valence-corrected chi connectivity index (χ4v) is 4.99. The van der Waals surface area contributed by atoms with E-state index in [1.165, 1.54) is 126 Å². The number of nitrogens with zero attached hydrogens (tertiary/aromatic N) is 2. The monoisotopic (exact) mass is 386 g/mol. The van der Waals surface area contributed by atoms with Gasteiger partial charge in [0.15, 0.2) is 0 Å². The molecule has 2 heteroatoms. The van der Waals surface area contributed by atoms with E-state index in [0.717, 1.165) is 6.42 Å². The van der Waals surface area contributed by atoms with E-state index in [2.05, 4.69) is 20.8 Å². The molecule has 0 spiro atoms. The Labute approximate surface area is 175 Å². The van der Waals surface area contributed by atoms with Crippen LogP contribution in [0.1, 0.15) is 140 Å². The van der Waals surface area contributed by atoms with Gasteiger partial charge in [-0.2, -0.15) is 0 Å². The van der Waals surface area contributed by atoms with E-state index in [9.17, 15) is 0 Å². The Morgan fingerprint density at radius 2 is 1.29 bits per heavy atom. The predicted molar refractivity (Wildman–Crippen MR) is 122 cm³/mol. The van der Waals surface area contributed by atoms with Crippen LogP contribution in [0.4, 0.5) is 0 Å². The van der Waals surface area contributed by atoms with Crippen LogP contribution in [0.2, 0.25) is 0 Å². The van der Waals surface area contributed by atoms with Crippen molar-refractivity contribution in [3.8, 4) is 0 Å². The molecule has 0 aliphatic heterocycles. The van der Waals surface area contributed by atoms with Crippen LogP contribution >= 0.6 is 0 Å². The van der Waals surface area contributed by atoms with Crippen LogP contribution in [-0.4, -0.2) is 9.97 Å². The third-order valence-electron chi connectivity index (χ3n) is 6.86. The summed E-state index contributed by atoms with van der Waals surface area (Å²) < 4.78 is 0. The Morgan fingerprint density at radius 1 is 0.714 bits per heavy atom. The highest BCUT2D eigenvalue weighted by molar-refractivity contribution is 5.31. The average Bonchev–Trinajstić information content (AvgIpc) is 2.72. The van der Waals surface area contributed by atoms with Crippen molar-refractivity contribution in [2.75, 3.05) is 0 Å². The van der Waals surface area contributed by atoms with Crippen molar-refractivity contribution in [2.45, 2.75) is 142 Å². The van der Waals surface area contributed by atoms with E-state index >= 15 is 0 Å². The van der Waals surface area contributed by atoms with Crippen molar-refractivity contribution in [1.82, 2.24) is 9.97 Å². The van der Waals surface area contributed by atoms with Crippen molar-refractivity contribution in [2.24, 2.45) is 0 Å². The van der Waals surface area contributed by atoms with Gasteiger partial charge in [0.2, 0.25) is 0 Å². The minimum atomic E-state index is 0.235. The van der Waals surface area contributed by atoms with Gasteiger partial charge in [0.25, 0.3) is 0 Å². The molecule has 0 N–H and O–H groups in total. The van der Waals surface area contributed by atoms with Gasteiger partial charge in [-0.3, -0.25) is 0 Å². The van der Waals surface area contributed by atoms with E-state index in [-0.39, 0.29) is 5.41 Å². The first-order valence-electron chi connectivity index (χ1n) is 12.5. The second kappa shape index (κ2) is 13.3. The van der Waals surface area contributed by atoms with Crippen LogP contribution in [0.25, 0.3) is 0 Å². The van der Waals surface area contributed by atoms with Gasteiger partial charge in [0, 0.05) is 11.1 Å². The number of fused-ring (bicyclic) bond motifs is 1. The first-order valence-corrected chi connectivity index (χ1v) is 12.5. The molecule has 1 aromatic rings. The van der Waals surface area contributed by atoms with Gasteiger partial charge >= 0.3 is 0 Å². The highest BCUT2D eigenvalue weighted by atomic mass is 14.9. The van der Waals surface area contributed by atoms with E-state index in [1.54, 1.807) is 0 Å². The molecule has 0 amide bonds. The van der Waals surface area contributed by atoms with Gasteiger partial charge in [0.05, 0.1) is 5.69 Å². The Morgan fingerprint density at radius 3 is 1.89 bits per heavy atom. The molecule has 0 unspecified atom stereocenters. The van der Waals surface area contributed by atoms with E-state index in [0.29, 0.717) is 0 Å². The lowest BCUT2D eigenvalue weighted by molar-refractivity contribution is 0.351. The smallest absolute Gasteiger partial charge is 0.115 e. The number of aromatic nitrogens is 2. The summed E-state index contributed by atoms with van der Waals surface area (Å²) in [6.07, 6.45) is 25.8. The van der Waals surface area contributed by atoms with Crippen molar-refractivity contribution in [1.29, 1.82) is 0 Å². The van der Waals surface area contributed by atoms with E-state index in [4.69, 9.17) is 9.97 Å². The molecular weight excluding hydrogens is 340 g/mol. The number of rotatable bonds is 11. The minimum Gasteiger partial charge on any atom is -0.241 e. The number of hydrogen-bond acceptors (Lipinski definition) is 2. The highest BCUT2D eigenvalue weighted by Crippen LogP contribution is 2.37. The summed E-state index contributed by atoms with van der Waals surface area (Å²) in [7, 11) is 0. The molecule has 1 aromatic heterocycles. The van der Waals surface area contributed by atoms with E-state index < -0.39 is 0 Å². The lowest BCUT2D eigenvalue weighted by Gasteiger charge is -2.32. The summed E-state index contributed by atoms with van der Waals surface area (Å²) in [5.74, 6) is 0. The van der Waals surface area contributed by atoms with Crippen LogP contribution < -0.4 is 0 Å². The van der Waals surface area contributed by atoms with Gasteiger partial charge in [-0.05, 0) is 44.1 Å². The molecule has 0 atom stereocenters. The molecule has 0 radical (unpaired) electrons. The molecule has 0 aromatic carbocycles. The minimum absolute atomic E-state index is 0.235. The second-order valence-corrected chi connectivity index (χ2v) is 9.45. The van der Waals surface area contributed by atoms with Gasteiger partial charge in [-0.1, -0.05) is 97.8 Å². The van der Waals surface area contributed by atoms with Crippen molar-refractivity contribution in [3.05, 3.63) is 23.3 Å². The van der Waals surface area contributed by atoms with Gasteiger partial charge in [-0.15, -0.1) is 0 Å². The molecule has 0 bridgehead atoms. The summed E-state index contributed by atoms with van der Waals surface area (Å²) in [4.78, 5) is 9.75. The zero-order valence-electron chi connectivity index (χ0n) is 19.2. The molecule has 1 aliphatic carbocycles. The lowest BCUT2D eigenvalue weighted by atomic mass is 9.74. The fourth-order valence-electron chi connectivity index (χ4n) is 4.99. The first-order chi connectivity index (χ1) is 13.7. The van der Waals surface area contributed by atoms with Crippen molar-refractivity contribution in [3.63, 3.8) is 0 Å². The Hall–Kier alpha value is -0.920. The molecular formula is C26H46N2. The fraction of sp³-hybridized carbons (Fsp3) is 0.846. The Kier molecular flexibility index (Phi) is 11.1. The maximum absolute atomic E-state index is 4.98. The molecule has 0 saturated carbocycles. The number of aryl methyl sites for hydroxylation is 1. The molecule has 0 saturated heterocycles. The third kappa shape index (κ3) is 7.48. The molecule has 1 heterocycles. The summed E-state index contributed by atoms with van der Waals surface area (Å²) in [6.45, 7) is 7.14. The molecule has 2 rings (SSSR count). The SMILES string of the molecule is CCCCCCC(C)(CCCCCC)c1ncnc2c1CCCCCCCC2. The maximum Gasteiger partial charge on any atom is 0.115 e. The van der Waals surface area contributed by atoms with Crippen LogP contribution in [0, 0.1) is 0 Å². The van der Waals surface area contributed by atoms with Crippen LogP contribution in [0.5, 0.6) is 0 Å². The number of hydrogen-bond donors (Lipinski definition) is 0. The van der Waals surface area contributed by atoms with E-state index in [1.807, 2.05) is 6.33 Å². The standard InChI is InChI=1S/C26H46N2/c1-4-6-8-16-20-26(3,21-17-9-7-5-2)25-23-18-14-12-10-11-13-15-19-24(23)27-22-28-25/h22H,4-21H2,1-3H3. The predicted octanol–water partition coefficient (Wildman–Crippen LogP) is 8.11. The first kappa shape index (κ1) is 23.4. The average molecular weight is 387 g/mol. The van der Waals surface area contributed by atoms with Crippen LogP contribution in [-0.2, 0) is 18.3 Å². The normalized spacial score (nSPS) is 16.0. The topological polar surface area (TPSA) is 25.8 Å². The van der Waals surface area contributed by atoms with Gasteiger partial charge in [0.1, 0.15) is 6.33 Å². The molecule has 160 valence electrons. The van der Waals surface area contributed by atoms with Gasteiger partial charge < -0.3 is 0 Å². The third-order valence-corrected chi connectivity index (χ3v) is 6.86. The van der Waals surface area contributed by atoms with Crippen LogP contribution in [0.3, 0.4) is 0 Å². The maximum atomic E-state index is 4.98. The quantitative estimate of drug-likeness (QED) is 0.359. The molecule has 2 nitrogen and oxygen atoms in total. The van der Waals surface area contributed by atoms with Crippen molar-refractivity contribution < 1.29 is 0 Å². The molecule has 0 fully saturated rings. The van der Waals surface area contributed by atoms with Crippen LogP contribution in [0.15, 0.2) is 6.33 Å². The Balaban J connectivity index is 2.23. The summed E-state index contributed by atoms with van der Waals surface area (Å²) in [6, 6.07) is 0. The molecule has 1 aliphatic rings. The molecule has 28 heavy (non-hydrogen) atoms. The zero-order chi connectivity index (χ0) is 20.1. The Bertz CT molecular complexity index is 525. The second-order valence-electron chi connectivity index (χ2n) is 9.45. The summed E-state index contributed by atoms with van der Waals surface area (Å²) in [5, 5.41) is 0. The summed E-state index contributed by atoms with van der Waals surface area (Å²) >= 11 is 0. The lowest BCUT2D eigenvalue weighted by Crippen LogP contribution is -2.27. The summed E-state index contributed by atoms with van der Waals surface area (Å²) in [5.41, 5.74) is 4.57. The highest BCUT2D eigenvalue weighted by Gasteiger charge is 2.31. The number of unbranched alkanes of at least 4 members (excludes halogenated alkanes) is 6. The van der Waals surface area contributed by atoms with Crippen molar-refractivity contribution >= 4 is 0 Å². The zero-order valence-corrected chi connectivity index (χ0v) is 19.2. The van der Waals surface area contributed by atoms with Gasteiger partial charge in [-0.25, -0.2) is 9.97 Å².